The van der Waals surface area contributed by atoms with Crippen molar-refractivity contribution in [3.8, 4) is 16.9 Å². The first-order chi connectivity index (χ1) is 16.6. The summed E-state index contributed by atoms with van der Waals surface area (Å²) in [5, 5.41) is 12.8. The van der Waals surface area contributed by atoms with Gasteiger partial charge in [0.05, 0.1) is 35.4 Å². The lowest BCUT2D eigenvalue weighted by molar-refractivity contribution is 0.102. The summed E-state index contributed by atoms with van der Waals surface area (Å²) < 4.78 is 3.55. The van der Waals surface area contributed by atoms with Crippen LogP contribution in [0.4, 0.5) is 5.69 Å². The van der Waals surface area contributed by atoms with Crippen LogP contribution in [0.1, 0.15) is 21.6 Å². The predicted octanol–water partition coefficient (Wildman–Crippen LogP) is 6.00. The summed E-state index contributed by atoms with van der Waals surface area (Å²) in [6, 6.07) is 27.1. The van der Waals surface area contributed by atoms with Gasteiger partial charge in [0.25, 0.3) is 5.91 Å². The summed E-state index contributed by atoms with van der Waals surface area (Å²) in [6.07, 6.45) is 3.42. The van der Waals surface area contributed by atoms with Crippen molar-refractivity contribution >= 4 is 23.2 Å². The summed E-state index contributed by atoms with van der Waals surface area (Å²) in [6.45, 7) is 2.41. The Labute approximate surface area is 202 Å². The summed E-state index contributed by atoms with van der Waals surface area (Å²) in [7, 11) is 0. The van der Waals surface area contributed by atoms with Crippen molar-refractivity contribution in [2.24, 2.45) is 0 Å². The first-order valence-corrected chi connectivity index (χ1v) is 11.3. The third-order valence-corrected chi connectivity index (χ3v) is 5.94. The summed E-state index contributed by atoms with van der Waals surface area (Å²) in [5.41, 5.74) is 5.23. The third-order valence-electron chi connectivity index (χ3n) is 5.57. The van der Waals surface area contributed by atoms with Crippen molar-refractivity contribution in [1.82, 2.24) is 19.6 Å². The monoisotopic (exact) mass is 467 g/mol. The number of aromatic nitrogens is 4. The minimum Gasteiger partial charge on any atom is -0.319 e. The molecule has 0 aliphatic carbocycles. The molecule has 0 spiro atoms. The van der Waals surface area contributed by atoms with Gasteiger partial charge in [-0.15, -0.1) is 0 Å². The number of halogens is 1. The van der Waals surface area contributed by atoms with Crippen LogP contribution in [-0.4, -0.2) is 25.5 Å². The van der Waals surface area contributed by atoms with Gasteiger partial charge in [0.2, 0.25) is 0 Å². The molecule has 7 heteroatoms. The maximum Gasteiger partial charge on any atom is 0.259 e. The summed E-state index contributed by atoms with van der Waals surface area (Å²) in [4.78, 5) is 13.5. The molecule has 0 aliphatic heterocycles. The molecule has 0 saturated heterocycles. The fraction of sp³-hybridized carbons (Fsp3) is 0.0741. The third kappa shape index (κ3) is 4.36. The smallest absolute Gasteiger partial charge is 0.259 e. The van der Waals surface area contributed by atoms with Crippen molar-refractivity contribution in [2.45, 2.75) is 13.5 Å². The molecule has 0 saturated carbocycles. The largest absolute Gasteiger partial charge is 0.319 e. The molecular weight excluding hydrogens is 446 g/mol. The van der Waals surface area contributed by atoms with E-state index in [1.807, 2.05) is 91.9 Å². The van der Waals surface area contributed by atoms with E-state index in [0.29, 0.717) is 28.5 Å². The van der Waals surface area contributed by atoms with E-state index in [1.54, 1.807) is 21.8 Å². The Morgan fingerprint density at radius 1 is 0.941 bits per heavy atom. The van der Waals surface area contributed by atoms with Crippen LogP contribution in [0.5, 0.6) is 0 Å². The molecule has 0 atom stereocenters. The second kappa shape index (κ2) is 9.37. The van der Waals surface area contributed by atoms with E-state index < -0.39 is 0 Å². The fourth-order valence-electron chi connectivity index (χ4n) is 3.90. The average Bonchev–Trinajstić information content (AvgIpc) is 3.45. The summed E-state index contributed by atoms with van der Waals surface area (Å²) in [5.74, 6) is -0.240. The first-order valence-electron chi connectivity index (χ1n) is 10.9. The Balaban J connectivity index is 1.46. The van der Waals surface area contributed by atoms with Crippen molar-refractivity contribution in [3.05, 3.63) is 119 Å². The number of benzene rings is 3. The molecule has 2 aromatic heterocycles. The Morgan fingerprint density at radius 2 is 1.62 bits per heavy atom. The van der Waals surface area contributed by atoms with Crippen molar-refractivity contribution < 1.29 is 4.79 Å². The van der Waals surface area contributed by atoms with Crippen LogP contribution in [0.3, 0.4) is 0 Å². The molecule has 0 fully saturated rings. The predicted molar refractivity (Wildman–Crippen MR) is 134 cm³/mol. The van der Waals surface area contributed by atoms with E-state index >= 15 is 0 Å². The molecule has 34 heavy (non-hydrogen) atoms. The van der Waals surface area contributed by atoms with E-state index in [1.165, 1.54) is 0 Å². The van der Waals surface area contributed by atoms with Gasteiger partial charge in [-0.3, -0.25) is 9.48 Å². The second-order valence-corrected chi connectivity index (χ2v) is 8.30. The van der Waals surface area contributed by atoms with Crippen LogP contribution in [0, 0.1) is 6.92 Å². The number of para-hydroxylation sites is 1. The van der Waals surface area contributed by atoms with Gasteiger partial charge < -0.3 is 5.32 Å². The molecule has 2 heterocycles. The van der Waals surface area contributed by atoms with Crippen molar-refractivity contribution in [1.29, 1.82) is 0 Å². The fourth-order valence-corrected chi connectivity index (χ4v) is 4.10. The number of nitrogens with zero attached hydrogens (tertiary/aromatic N) is 4. The molecule has 168 valence electrons. The van der Waals surface area contributed by atoms with Crippen LogP contribution >= 0.6 is 11.6 Å². The highest BCUT2D eigenvalue weighted by Gasteiger charge is 2.23. The van der Waals surface area contributed by atoms with Crippen LogP contribution in [-0.2, 0) is 6.54 Å². The molecule has 5 aromatic rings. The zero-order chi connectivity index (χ0) is 23.5. The van der Waals surface area contributed by atoms with Crippen LogP contribution < -0.4 is 5.32 Å². The Bertz CT molecular complexity index is 1440. The lowest BCUT2D eigenvalue weighted by Gasteiger charge is -2.06. The second-order valence-electron chi connectivity index (χ2n) is 7.89. The topological polar surface area (TPSA) is 64.7 Å². The Hall–Kier alpha value is -4.16. The number of anilines is 1. The van der Waals surface area contributed by atoms with Gasteiger partial charge in [0, 0.05) is 16.8 Å². The van der Waals surface area contributed by atoms with Crippen molar-refractivity contribution in [3.63, 3.8) is 0 Å². The van der Waals surface area contributed by atoms with Gasteiger partial charge in [-0.2, -0.15) is 10.2 Å². The average molecular weight is 468 g/mol. The molecule has 1 N–H and O–H groups in total. The lowest BCUT2D eigenvalue weighted by atomic mass is 10.1. The van der Waals surface area contributed by atoms with Gasteiger partial charge in [-0.25, -0.2) is 4.68 Å². The normalized spacial score (nSPS) is 10.9. The number of nitrogens with one attached hydrogen (secondary N) is 1. The highest BCUT2D eigenvalue weighted by atomic mass is 35.5. The maximum atomic E-state index is 13.5. The number of carbonyl (C=O) groups is 1. The van der Waals surface area contributed by atoms with Gasteiger partial charge >= 0.3 is 0 Å². The van der Waals surface area contributed by atoms with Crippen LogP contribution in [0.2, 0.25) is 5.02 Å². The molecular formula is C27H22ClN5O. The first kappa shape index (κ1) is 21.7. The quantitative estimate of drug-likeness (QED) is 0.333. The standard InChI is InChI=1S/C27H22ClN5O/c1-19-25(26(20-10-4-2-5-11-20)31-33(19)23-13-6-3-7-14-23)27(34)30-22-16-29-32(18-22)17-21-12-8-9-15-24(21)28/h2-16,18H,17H2,1H3,(H,30,34). The van der Waals surface area contributed by atoms with Crippen molar-refractivity contribution in [2.75, 3.05) is 5.32 Å². The number of rotatable bonds is 6. The molecule has 6 nitrogen and oxygen atoms in total. The highest BCUT2D eigenvalue weighted by Crippen LogP contribution is 2.28. The molecule has 5 rings (SSSR count). The zero-order valence-corrected chi connectivity index (χ0v) is 19.3. The molecule has 0 unspecified atom stereocenters. The van der Waals surface area contributed by atoms with E-state index in [2.05, 4.69) is 10.4 Å². The molecule has 0 bridgehead atoms. The molecule has 0 radical (unpaired) electrons. The Kier molecular flexibility index (Phi) is 5.97. The molecule has 1 amide bonds. The number of hydrogen-bond donors (Lipinski definition) is 1. The van der Waals surface area contributed by atoms with E-state index in [4.69, 9.17) is 16.7 Å². The van der Waals surface area contributed by atoms with E-state index in [0.717, 1.165) is 22.5 Å². The summed E-state index contributed by atoms with van der Waals surface area (Å²) >= 11 is 6.27. The van der Waals surface area contributed by atoms with E-state index in [9.17, 15) is 4.79 Å². The minimum atomic E-state index is -0.240. The maximum absolute atomic E-state index is 13.5. The lowest BCUT2D eigenvalue weighted by Crippen LogP contribution is -2.13. The van der Waals surface area contributed by atoms with Gasteiger partial charge in [0.15, 0.2) is 0 Å². The number of hydrogen-bond acceptors (Lipinski definition) is 3. The Morgan fingerprint density at radius 3 is 2.35 bits per heavy atom. The van der Waals surface area contributed by atoms with Gasteiger partial charge in [0.1, 0.15) is 5.69 Å². The zero-order valence-electron chi connectivity index (χ0n) is 18.5. The number of amides is 1. The number of carbonyl (C=O) groups excluding carboxylic acids is 1. The minimum absolute atomic E-state index is 0.240. The van der Waals surface area contributed by atoms with Crippen LogP contribution in [0.25, 0.3) is 16.9 Å². The highest BCUT2D eigenvalue weighted by molar-refractivity contribution is 6.31. The SMILES string of the molecule is Cc1c(C(=O)Nc2cnn(Cc3ccccc3Cl)c2)c(-c2ccccc2)nn1-c1ccccc1. The van der Waals surface area contributed by atoms with Gasteiger partial charge in [-0.1, -0.05) is 78.3 Å². The molecule has 3 aromatic carbocycles. The van der Waals surface area contributed by atoms with Gasteiger partial charge in [-0.05, 0) is 30.7 Å². The van der Waals surface area contributed by atoms with E-state index in [-0.39, 0.29) is 5.91 Å². The molecule has 0 aliphatic rings. The van der Waals surface area contributed by atoms with Crippen LogP contribution in [0.15, 0.2) is 97.3 Å².